The van der Waals surface area contributed by atoms with Gasteiger partial charge in [-0.15, -0.1) is 0 Å². The fourth-order valence-corrected chi connectivity index (χ4v) is 3.66. The molecule has 4 rings (SSSR count). The Morgan fingerprint density at radius 1 is 1.35 bits per heavy atom. The number of carbonyl (C=O) groups is 1. The zero-order valence-electron chi connectivity index (χ0n) is 11.3. The molecule has 3 atom stereocenters. The number of halogens is 1. The highest BCUT2D eigenvalue weighted by atomic mass is 19.1. The molecule has 0 aromatic heterocycles. The summed E-state index contributed by atoms with van der Waals surface area (Å²) < 4.78 is 19.5. The first kappa shape index (κ1) is 12.3. The molecule has 106 valence electrons. The van der Waals surface area contributed by atoms with Crippen molar-refractivity contribution in [2.45, 2.75) is 43.2 Å². The number of ether oxygens (including phenoxy) is 1. The van der Waals surface area contributed by atoms with Crippen LogP contribution in [0.15, 0.2) is 24.3 Å². The summed E-state index contributed by atoms with van der Waals surface area (Å²) in [5, 5.41) is 3.13. The summed E-state index contributed by atoms with van der Waals surface area (Å²) in [6.45, 7) is 0.806. The first-order chi connectivity index (χ1) is 9.71. The van der Waals surface area contributed by atoms with Crippen molar-refractivity contribution in [1.82, 2.24) is 5.32 Å². The summed E-state index contributed by atoms with van der Waals surface area (Å²) in [7, 11) is 0. The lowest BCUT2D eigenvalue weighted by atomic mass is 9.76. The van der Waals surface area contributed by atoms with Gasteiger partial charge in [0.2, 0.25) is 5.91 Å². The van der Waals surface area contributed by atoms with Crippen LogP contribution in [0.1, 0.15) is 31.2 Å². The lowest BCUT2D eigenvalue weighted by molar-refractivity contribution is -0.126. The molecule has 0 spiro atoms. The average molecular weight is 275 g/mol. The molecule has 1 aliphatic heterocycles. The topological polar surface area (TPSA) is 38.3 Å². The van der Waals surface area contributed by atoms with E-state index >= 15 is 0 Å². The smallest absolute Gasteiger partial charge is 0.230 e. The predicted octanol–water partition coefficient (Wildman–Crippen LogP) is 2.15. The van der Waals surface area contributed by atoms with Gasteiger partial charge in [0.05, 0.1) is 11.5 Å². The normalized spacial score (nSPS) is 33.1. The van der Waals surface area contributed by atoms with Gasteiger partial charge in [-0.1, -0.05) is 18.2 Å². The minimum absolute atomic E-state index is 0.00190. The largest absolute Gasteiger partial charge is 0.378 e. The molecular formula is C16H18FNO2. The summed E-state index contributed by atoms with van der Waals surface area (Å²) in [4.78, 5) is 12.6. The van der Waals surface area contributed by atoms with Crippen molar-refractivity contribution in [3.8, 4) is 0 Å². The highest BCUT2D eigenvalue weighted by Crippen LogP contribution is 2.50. The SMILES string of the molecule is O=C(N[C@H]1C[C@@H]2OCC[C@H]12)C1(c2ccccc2F)CC1. The Morgan fingerprint density at radius 3 is 2.85 bits per heavy atom. The van der Waals surface area contributed by atoms with Gasteiger partial charge in [-0.05, 0) is 31.7 Å². The van der Waals surface area contributed by atoms with E-state index in [1.54, 1.807) is 18.2 Å². The van der Waals surface area contributed by atoms with E-state index in [4.69, 9.17) is 4.74 Å². The average Bonchev–Trinajstić information content (AvgIpc) is 3.15. The van der Waals surface area contributed by atoms with Gasteiger partial charge >= 0.3 is 0 Å². The number of nitrogens with one attached hydrogen (secondary N) is 1. The second-order valence-corrected chi connectivity index (χ2v) is 6.24. The monoisotopic (exact) mass is 275 g/mol. The molecule has 2 aliphatic carbocycles. The maximum Gasteiger partial charge on any atom is 0.230 e. The van der Waals surface area contributed by atoms with Gasteiger partial charge in [-0.3, -0.25) is 4.79 Å². The minimum Gasteiger partial charge on any atom is -0.378 e. The van der Waals surface area contributed by atoms with Crippen LogP contribution in [0.2, 0.25) is 0 Å². The predicted molar refractivity (Wildman–Crippen MR) is 71.7 cm³/mol. The molecule has 3 nitrogen and oxygen atoms in total. The van der Waals surface area contributed by atoms with E-state index in [1.807, 2.05) is 0 Å². The summed E-state index contributed by atoms with van der Waals surface area (Å²) in [5.41, 5.74) is -0.0633. The molecule has 1 aromatic rings. The number of rotatable bonds is 3. The molecule has 20 heavy (non-hydrogen) atoms. The standard InChI is InChI=1S/C16H18FNO2/c17-12-4-2-1-3-11(12)16(6-7-16)15(19)18-13-9-14-10(13)5-8-20-14/h1-4,10,13-14H,5-9H2,(H,18,19)/t10-,13+,14+/m1/s1. The fraction of sp³-hybridized carbons (Fsp3) is 0.562. The van der Waals surface area contributed by atoms with Crippen molar-refractivity contribution < 1.29 is 13.9 Å². The Hall–Kier alpha value is -1.42. The number of hydrogen-bond donors (Lipinski definition) is 1. The number of benzene rings is 1. The van der Waals surface area contributed by atoms with E-state index in [0.717, 1.165) is 32.3 Å². The Balaban J connectivity index is 1.50. The van der Waals surface area contributed by atoms with Crippen molar-refractivity contribution in [3.05, 3.63) is 35.6 Å². The third-order valence-corrected chi connectivity index (χ3v) is 5.15. The molecule has 0 bridgehead atoms. The fourth-order valence-electron chi connectivity index (χ4n) is 3.66. The number of amides is 1. The lowest BCUT2D eigenvalue weighted by Gasteiger charge is -2.40. The highest BCUT2D eigenvalue weighted by Gasteiger charge is 2.55. The summed E-state index contributed by atoms with van der Waals surface area (Å²) in [6.07, 6.45) is 3.77. The molecule has 3 fully saturated rings. The van der Waals surface area contributed by atoms with E-state index in [1.165, 1.54) is 6.07 Å². The molecule has 4 heteroatoms. The van der Waals surface area contributed by atoms with Crippen LogP contribution in [0.5, 0.6) is 0 Å². The molecule has 1 aromatic carbocycles. The maximum absolute atomic E-state index is 13.9. The second kappa shape index (κ2) is 4.29. The third-order valence-electron chi connectivity index (χ3n) is 5.15. The Kier molecular flexibility index (Phi) is 2.64. The molecule has 1 saturated heterocycles. The molecule has 0 unspecified atom stereocenters. The summed E-state index contributed by atoms with van der Waals surface area (Å²) in [6, 6.07) is 6.87. The number of hydrogen-bond acceptors (Lipinski definition) is 2. The van der Waals surface area contributed by atoms with E-state index in [2.05, 4.69) is 5.32 Å². The van der Waals surface area contributed by atoms with E-state index < -0.39 is 5.41 Å². The molecular weight excluding hydrogens is 257 g/mol. The third kappa shape index (κ3) is 1.71. The molecule has 1 amide bonds. The van der Waals surface area contributed by atoms with E-state index in [9.17, 15) is 9.18 Å². The van der Waals surface area contributed by atoms with Gasteiger partial charge < -0.3 is 10.1 Å². The molecule has 2 saturated carbocycles. The number of carbonyl (C=O) groups excluding carboxylic acids is 1. The molecule has 0 radical (unpaired) electrons. The van der Waals surface area contributed by atoms with Crippen LogP contribution in [-0.2, 0) is 14.9 Å². The molecule has 1 N–H and O–H groups in total. The van der Waals surface area contributed by atoms with Gasteiger partial charge in [0.1, 0.15) is 5.82 Å². The summed E-state index contributed by atoms with van der Waals surface area (Å²) >= 11 is 0. The van der Waals surface area contributed by atoms with Crippen molar-refractivity contribution >= 4 is 5.91 Å². The summed E-state index contributed by atoms with van der Waals surface area (Å²) in [5.74, 6) is 0.198. The first-order valence-corrected chi connectivity index (χ1v) is 7.38. The first-order valence-electron chi connectivity index (χ1n) is 7.38. The van der Waals surface area contributed by atoms with E-state index in [-0.39, 0.29) is 17.8 Å². The highest BCUT2D eigenvalue weighted by molar-refractivity contribution is 5.91. The molecule has 3 aliphatic rings. The van der Waals surface area contributed by atoms with Gasteiger partial charge in [-0.2, -0.15) is 0 Å². The van der Waals surface area contributed by atoms with Crippen molar-refractivity contribution in [2.75, 3.05) is 6.61 Å². The Labute approximate surface area is 117 Å². The zero-order chi connectivity index (χ0) is 13.7. The van der Waals surface area contributed by atoms with Gasteiger partial charge in [0.25, 0.3) is 0 Å². The van der Waals surface area contributed by atoms with Crippen LogP contribution >= 0.6 is 0 Å². The Morgan fingerprint density at radius 2 is 2.15 bits per heavy atom. The van der Waals surface area contributed by atoms with Crippen molar-refractivity contribution in [1.29, 1.82) is 0 Å². The van der Waals surface area contributed by atoms with Crippen molar-refractivity contribution in [2.24, 2.45) is 5.92 Å². The zero-order valence-corrected chi connectivity index (χ0v) is 11.3. The van der Waals surface area contributed by atoms with Crippen molar-refractivity contribution in [3.63, 3.8) is 0 Å². The Bertz CT molecular complexity index is 555. The quantitative estimate of drug-likeness (QED) is 0.918. The van der Waals surface area contributed by atoms with Gasteiger partial charge in [-0.25, -0.2) is 4.39 Å². The minimum atomic E-state index is -0.615. The van der Waals surface area contributed by atoms with Crippen LogP contribution in [-0.4, -0.2) is 24.7 Å². The maximum atomic E-state index is 13.9. The van der Waals surface area contributed by atoms with Crippen LogP contribution in [0.3, 0.4) is 0 Å². The van der Waals surface area contributed by atoms with Crippen LogP contribution < -0.4 is 5.32 Å². The number of fused-ring (bicyclic) bond motifs is 1. The van der Waals surface area contributed by atoms with Crippen LogP contribution in [0.4, 0.5) is 4.39 Å². The second-order valence-electron chi connectivity index (χ2n) is 6.24. The van der Waals surface area contributed by atoms with Crippen LogP contribution in [0.25, 0.3) is 0 Å². The van der Waals surface area contributed by atoms with Gasteiger partial charge in [0, 0.05) is 24.1 Å². The lowest BCUT2D eigenvalue weighted by Crippen LogP contribution is -2.55. The molecule has 1 heterocycles. The van der Waals surface area contributed by atoms with Crippen LogP contribution in [0, 0.1) is 11.7 Å². The van der Waals surface area contributed by atoms with E-state index in [0.29, 0.717) is 17.6 Å². The van der Waals surface area contributed by atoms with Gasteiger partial charge in [0.15, 0.2) is 0 Å².